The Labute approximate surface area is 129 Å². The van der Waals surface area contributed by atoms with Crippen LogP contribution in [0.4, 0.5) is 9.59 Å². The first-order valence-corrected chi connectivity index (χ1v) is 6.34. The maximum atomic E-state index is 11.5. The molecule has 0 atom stereocenters. The Balaban J connectivity index is 2.30. The van der Waals surface area contributed by atoms with Gasteiger partial charge in [0, 0.05) is 11.5 Å². The van der Waals surface area contributed by atoms with Gasteiger partial charge in [-0.2, -0.15) is 0 Å². The maximum absolute atomic E-state index is 11.5. The van der Waals surface area contributed by atoms with Crippen molar-refractivity contribution in [1.82, 2.24) is 0 Å². The summed E-state index contributed by atoms with van der Waals surface area (Å²) in [6, 6.07) is 5.46. The molecule has 0 unspecified atom stereocenters. The quantitative estimate of drug-likeness (QED) is 0.342. The predicted molar refractivity (Wildman–Crippen MR) is 72.7 cm³/mol. The lowest BCUT2D eigenvalue weighted by atomic mass is 10.1. The summed E-state index contributed by atoms with van der Waals surface area (Å²) in [6.45, 7) is 0. The molecule has 1 aliphatic heterocycles. The SMILES string of the molecule is O=C1OC(=O)Oc2c(cc3oc(=O)oc(=O)oc4cccc3c24)O1. The highest BCUT2D eigenvalue weighted by molar-refractivity contribution is 6.09. The number of benzene rings is 2. The molecule has 0 spiro atoms. The first-order valence-electron chi connectivity index (χ1n) is 6.34. The minimum Gasteiger partial charge on any atom is -0.394 e. The van der Waals surface area contributed by atoms with Crippen LogP contribution in [0.3, 0.4) is 0 Å². The number of rotatable bonds is 0. The molecule has 0 aliphatic carbocycles. The third-order valence-corrected chi connectivity index (χ3v) is 3.10. The summed E-state index contributed by atoms with van der Waals surface area (Å²) >= 11 is 0. The van der Waals surface area contributed by atoms with E-state index in [1.165, 1.54) is 18.2 Å². The molecule has 24 heavy (non-hydrogen) atoms. The molecule has 10 heteroatoms. The third kappa shape index (κ3) is 2.13. The van der Waals surface area contributed by atoms with Crippen LogP contribution in [0.25, 0.3) is 21.9 Å². The zero-order valence-electron chi connectivity index (χ0n) is 11.4. The summed E-state index contributed by atoms with van der Waals surface area (Å²) in [4.78, 5) is 46.0. The second kappa shape index (κ2) is 4.84. The zero-order chi connectivity index (χ0) is 16.8. The Morgan fingerprint density at radius 2 is 1.42 bits per heavy atom. The second-order valence-corrected chi connectivity index (χ2v) is 4.49. The van der Waals surface area contributed by atoms with Crippen LogP contribution in [-0.4, -0.2) is 12.3 Å². The normalized spacial score (nSPS) is 13.7. The Morgan fingerprint density at radius 1 is 0.708 bits per heavy atom. The van der Waals surface area contributed by atoms with E-state index in [1.54, 1.807) is 0 Å². The Kier molecular flexibility index (Phi) is 2.79. The van der Waals surface area contributed by atoms with Gasteiger partial charge < -0.3 is 27.5 Å². The van der Waals surface area contributed by atoms with Crippen molar-refractivity contribution in [1.29, 1.82) is 0 Å². The summed E-state index contributed by atoms with van der Waals surface area (Å²) in [6.07, 6.45) is -2.67. The van der Waals surface area contributed by atoms with Gasteiger partial charge >= 0.3 is 24.0 Å². The summed E-state index contributed by atoms with van der Waals surface area (Å²) in [5, 5.41) is 0.284. The van der Waals surface area contributed by atoms with Crippen LogP contribution in [-0.2, 0) is 4.74 Å². The fraction of sp³-hybridized carbons (Fsp3) is 0. The highest BCUT2D eigenvalue weighted by Gasteiger charge is 2.28. The van der Waals surface area contributed by atoms with Crippen LogP contribution in [0.15, 0.2) is 47.1 Å². The minimum atomic E-state index is -1.35. The summed E-state index contributed by atoms with van der Waals surface area (Å²) in [5.41, 5.74) is -0.223. The lowest BCUT2D eigenvalue weighted by Crippen LogP contribution is -2.14. The van der Waals surface area contributed by atoms with Gasteiger partial charge in [-0.3, -0.25) is 0 Å². The Bertz CT molecular complexity index is 1130. The van der Waals surface area contributed by atoms with Gasteiger partial charge in [0.2, 0.25) is 0 Å². The maximum Gasteiger partial charge on any atom is 0.524 e. The molecule has 120 valence electrons. The molecule has 0 saturated carbocycles. The number of fused-ring (bicyclic) bond motifs is 1. The molecule has 2 heterocycles. The minimum absolute atomic E-state index is 0.0447. The topological polar surface area (TPSA) is 135 Å². The number of carbonyl (C=O) groups excluding carboxylic acids is 2. The first kappa shape index (κ1) is 13.8. The number of carbonyl (C=O) groups is 2. The molecular formula is C14H4O10. The molecular weight excluding hydrogens is 328 g/mol. The van der Waals surface area contributed by atoms with Gasteiger partial charge in [0.1, 0.15) is 11.2 Å². The molecule has 1 aliphatic rings. The highest BCUT2D eigenvalue weighted by atomic mass is 16.8. The van der Waals surface area contributed by atoms with Crippen molar-refractivity contribution in [3.8, 4) is 11.5 Å². The highest BCUT2D eigenvalue weighted by Crippen LogP contribution is 2.41. The molecule has 0 saturated heterocycles. The summed E-state index contributed by atoms with van der Waals surface area (Å²) in [7, 11) is 0. The van der Waals surface area contributed by atoms with E-state index in [4.69, 9.17) is 18.3 Å². The molecule has 0 radical (unpaired) electrons. The van der Waals surface area contributed by atoms with Crippen LogP contribution in [0.1, 0.15) is 0 Å². The van der Waals surface area contributed by atoms with E-state index in [1.807, 2.05) is 0 Å². The van der Waals surface area contributed by atoms with Gasteiger partial charge in [-0.1, -0.05) is 12.1 Å². The van der Waals surface area contributed by atoms with E-state index < -0.39 is 24.0 Å². The van der Waals surface area contributed by atoms with E-state index in [-0.39, 0.29) is 33.4 Å². The predicted octanol–water partition coefficient (Wildman–Crippen LogP) is 2.08. The molecule has 4 rings (SSSR count). The summed E-state index contributed by atoms with van der Waals surface area (Å²) in [5.74, 6) is -3.22. The van der Waals surface area contributed by atoms with Crippen molar-refractivity contribution in [2.45, 2.75) is 0 Å². The molecule has 10 nitrogen and oxygen atoms in total. The van der Waals surface area contributed by atoms with Gasteiger partial charge in [-0.05, 0) is 6.07 Å². The molecule has 0 N–H and O–H groups in total. The average molecular weight is 332 g/mol. The number of hydrogen-bond donors (Lipinski definition) is 0. The lowest BCUT2D eigenvalue weighted by molar-refractivity contribution is 0.0999. The van der Waals surface area contributed by atoms with E-state index >= 15 is 0 Å². The van der Waals surface area contributed by atoms with Crippen LogP contribution >= 0.6 is 0 Å². The lowest BCUT2D eigenvalue weighted by Gasteiger charge is -2.07. The third-order valence-electron chi connectivity index (χ3n) is 3.10. The van der Waals surface area contributed by atoms with Crippen molar-refractivity contribution >= 4 is 34.2 Å². The fourth-order valence-electron chi connectivity index (χ4n) is 2.27. The van der Waals surface area contributed by atoms with Gasteiger partial charge in [0.25, 0.3) is 0 Å². The smallest absolute Gasteiger partial charge is 0.394 e. The number of cyclic esters (lactones) is 2. The van der Waals surface area contributed by atoms with Crippen molar-refractivity contribution in [2.24, 2.45) is 0 Å². The van der Waals surface area contributed by atoms with Crippen LogP contribution < -0.4 is 21.1 Å². The van der Waals surface area contributed by atoms with E-state index in [2.05, 4.69) is 9.15 Å². The first-order chi connectivity index (χ1) is 11.5. The number of ether oxygens (including phenoxy) is 3. The van der Waals surface area contributed by atoms with Crippen LogP contribution in [0.5, 0.6) is 11.5 Å². The molecule has 1 aromatic heterocycles. The number of hydrogen-bond acceptors (Lipinski definition) is 10. The van der Waals surface area contributed by atoms with Crippen LogP contribution in [0.2, 0.25) is 0 Å². The van der Waals surface area contributed by atoms with Crippen molar-refractivity contribution < 1.29 is 37.1 Å². The van der Waals surface area contributed by atoms with E-state index in [0.717, 1.165) is 6.07 Å². The van der Waals surface area contributed by atoms with E-state index in [0.29, 0.717) is 0 Å². The van der Waals surface area contributed by atoms with Crippen molar-refractivity contribution in [3.63, 3.8) is 0 Å². The summed E-state index contributed by atoms with van der Waals surface area (Å²) < 4.78 is 28.1. The largest absolute Gasteiger partial charge is 0.524 e. The zero-order valence-corrected chi connectivity index (χ0v) is 11.4. The Hall–Kier alpha value is -3.82. The van der Waals surface area contributed by atoms with Crippen molar-refractivity contribution in [3.05, 3.63) is 45.5 Å². The Morgan fingerprint density at radius 3 is 2.21 bits per heavy atom. The molecule has 0 amide bonds. The average Bonchev–Trinajstić information content (AvgIpc) is 2.63. The van der Waals surface area contributed by atoms with Gasteiger partial charge in [-0.15, -0.1) is 0 Å². The second-order valence-electron chi connectivity index (χ2n) is 4.49. The van der Waals surface area contributed by atoms with Crippen LogP contribution in [0, 0.1) is 0 Å². The van der Waals surface area contributed by atoms with Gasteiger partial charge in [0.05, 0.1) is 5.39 Å². The van der Waals surface area contributed by atoms with Gasteiger partial charge in [0.15, 0.2) is 11.5 Å². The van der Waals surface area contributed by atoms with Crippen molar-refractivity contribution in [2.75, 3.05) is 0 Å². The standard InChI is InChI=1S/C14H4O10/c15-11-19-6-3-1-2-5-7(20-12(16)23-11)4-8-10(9(5)6)22-14(18)24-13(17)21-8/h1-4H. The van der Waals surface area contributed by atoms with E-state index in [9.17, 15) is 19.2 Å². The molecule has 4 bridgehead atoms. The monoisotopic (exact) mass is 332 g/mol. The molecule has 2 aromatic carbocycles. The van der Waals surface area contributed by atoms with Gasteiger partial charge in [-0.25, -0.2) is 19.2 Å². The molecule has 0 fully saturated rings. The molecule has 3 aromatic rings. The fourth-order valence-corrected chi connectivity index (χ4v) is 2.27.